The van der Waals surface area contributed by atoms with Crippen LogP contribution in [0.2, 0.25) is 0 Å². The van der Waals surface area contributed by atoms with E-state index in [4.69, 9.17) is 14.9 Å². The number of aliphatic hydroxyl groups excluding tert-OH is 1. The Bertz CT molecular complexity index is 584. The van der Waals surface area contributed by atoms with Crippen LogP contribution in [0.15, 0.2) is 23.1 Å². The van der Waals surface area contributed by atoms with Gasteiger partial charge in [-0.05, 0) is 23.8 Å². The molecule has 0 unspecified atom stereocenters. The Morgan fingerprint density at radius 3 is 2.55 bits per heavy atom. The van der Waals surface area contributed by atoms with Gasteiger partial charge in [0.05, 0.1) is 25.0 Å². The first-order valence-corrected chi connectivity index (χ1v) is 7.23. The van der Waals surface area contributed by atoms with Gasteiger partial charge < -0.3 is 14.9 Å². The zero-order chi connectivity index (χ0) is 15.3. The van der Waals surface area contributed by atoms with Crippen molar-refractivity contribution in [3.63, 3.8) is 0 Å². The molecule has 1 aromatic carbocycles. The molecule has 0 aliphatic carbocycles. The Hall–Kier alpha value is -1.64. The lowest BCUT2D eigenvalue weighted by Crippen LogP contribution is -2.30. The lowest BCUT2D eigenvalue weighted by molar-refractivity contribution is -0.136. The van der Waals surface area contributed by atoms with Gasteiger partial charge in [-0.15, -0.1) is 0 Å². The van der Waals surface area contributed by atoms with Crippen molar-refractivity contribution in [1.29, 1.82) is 0 Å². The number of hydrogen-bond acceptors (Lipinski definition) is 5. The van der Waals surface area contributed by atoms with E-state index in [2.05, 4.69) is 0 Å². The summed E-state index contributed by atoms with van der Waals surface area (Å²) in [7, 11) is -1.12. The third-order valence-corrected chi connectivity index (χ3v) is 4.67. The highest BCUT2D eigenvalue weighted by atomic mass is 32.2. The molecule has 0 saturated carbocycles. The van der Waals surface area contributed by atoms with Gasteiger partial charge in [0.15, 0.2) is 0 Å². The molecule has 8 heteroatoms. The molecule has 0 spiro atoms. The zero-order valence-electron chi connectivity index (χ0n) is 11.2. The van der Waals surface area contributed by atoms with Gasteiger partial charge in [0.1, 0.15) is 5.75 Å². The number of sulfonamides is 1. The van der Waals surface area contributed by atoms with Gasteiger partial charge >= 0.3 is 5.97 Å². The summed E-state index contributed by atoms with van der Waals surface area (Å²) < 4.78 is 30.6. The van der Waals surface area contributed by atoms with Crippen molar-refractivity contribution in [2.24, 2.45) is 0 Å². The van der Waals surface area contributed by atoms with E-state index in [-0.39, 0.29) is 23.6 Å². The first-order valence-electron chi connectivity index (χ1n) is 5.78. The van der Waals surface area contributed by atoms with Crippen LogP contribution in [-0.2, 0) is 21.2 Å². The van der Waals surface area contributed by atoms with Crippen molar-refractivity contribution in [3.8, 4) is 5.75 Å². The summed E-state index contributed by atoms with van der Waals surface area (Å²) in [5.74, 6) is -0.760. The highest BCUT2D eigenvalue weighted by Gasteiger charge is 2.24. The van der Waals surface area contributed by atoms with Crippen molar-refractivity contribution >= 4 is 16.0 Å². The Kier molecular flexibility index (Phi) is 5.49. The second-order valence-corrected chi connectivity index (χ2v) is 6.11. The number of benzene rings is 1. The summed E-state index contributed by atoms with van der Waals surface area (Å²) in [6, 6.07) is 4.14. The molecule has 0 aliphatic heterocycles. The maximum atomic E-state index is 12.3. The molecule has 112 valence electrons. The molecule has 0 aromatic heterocycles. The quantitative estimate of drug-likeness (QED) is 0.731. The number of ether oxygens (including phenoxy) is 1. The highest BCUT2D eigenvalue weighted by molar-refractivity contribution is 7.89. The average molecular weight is 303 g/mol. The van der Waals surface area contributed by atoms with Crippen LogP contribution < -0.4 is 4.74 Å². The predicted octanol–water partition coefficient (Wildman–Crippen LogP) is -0.0649. The zero-order valence-corrected chi connectivity index (χ0v) is 12.1. The molecule has 0 aliphatic rings. The minimum absolute atomic E-state index is 0.0686. The van der Waals surface area contributed by atoms with Gasteiger partial charge in [-0.2, -0.15) is 4.31 Å². The van der Waals surface area contributed by atoms with Crippen molar-refractivity contribution in [2.75, 3.05) is 27.3 Å². The van der Waals surface area contributed by atoms with Gasteiger partial charge in [0.2, 0.25) is 10.0 Å². The Morgan fingerprint density at radius 1 is 1.40 bits per heavy atom. The van der Waals surface area contributed by atoms with Gasteiger partial charge in [0.25, 0.3) is 0 Å². The molecule has 1 rings (SSSR count). The summed E-state index contributed by atoms with van der Waals surface area (Å²) in [5, 5.41) is 17.7. The highest BCUT2D eigenvalue weighted by Crippen LogP contribution is 2.24. The monoisotopic (exact) mass is 303 g/mol. The minimum atomic E-state index is -3.85. The van der Waals surface area contributed by atoms with E-state index in [1.807, 2.05) is 0 Å². The number of nitrogens with zero attached hydrogens (tertiary/aromatic N) is 1. The van der Waals surface area contributed by atoms with Gasteiger partial charge in [-0.25, -0.2) is 8.42 Å². The summed E-state index contributed by atoms with van der Waals surface area (Å²) >= 11 is 0. The summed E-state index contributed by atoms with van der Waals surface area (Å²) in [6.07, 6.45) is -0.432. The fourth-order valence-corrected chi connectivity index (χ4v) is 3.02. The van der Waals surface area contributed by atoms with Crippen LogP contribution >= 0.6 is 0 Å². The molecule has 20 heavy (non-hydrogen) atoms. The molecule has 1 aromatic rings. The fraction of sp³-hybridized carbons (Fsp3) is 0.417. The van der Waals surface area contributed by atoms with Crippen LogP contribution in [0, 0.1) is 0 Å². The predicted molar refractivity (Wildman–Crippen MR) is 71.2 cm³/mol. The molecule has 0 bridgehead atoms. The fourth-order valence-electron chi connectivity index (χ4n) is 1.66. The second kappa shape index (κ2) is 6.69. The van der Waals surface area contributed by atoms with Crippen LogP contribution in [0.25, 0.3) is 0 Å². The van der Waals surface area contributed by atoms with Crippen LogP contribution in [0.1, 0.15) is 5.56 Å². The molecular weight excluding hydrogens is 286 g/mol. The maximum absolute atomic E-state index is 12.3. The molecule has 7 nitrogen and oxygen atoms in total. The number of aliphatic carboxylic acids is 1. The third-order valence-electron chi connectivity index (χ3n) is 2.71. The number of carboxylic acids is 1. The lowest BCUT2D eigenvalue weighted by atomic mass is 10.1. The largest absolute Gasteiger partial charge is 0.497 e. The van der Waals surface area contributed by atoms with Crippen molar-refractivity contribution < 1.29 is 28.2 Å². The average Bonchev–Trinajstić information content (AvgIpc) is 2.37. The molecule has 0 fully saturated rings. The summed E-state index contributed by atoms with van der Waals surface area (Å²) in [5.41, 5.74) is 0.140. The molecule has 0 amide bonds. The Labute approximate surface area is 117 Å². The number of carboxylic acid groups (broad SMARTS) is 1. The van der Waals surface area contributed by atoms with Gasteiger partial charge in [-0.1, -0.05) is 0 Å². The standard InChI is InChI=1S/C12H17NO6S/c1-13(5-6-14)20(17,18)11-4-3-10(19-2)7-9(11)8-12(15)16/h3-4,7,14H,5-6,8H2,1-2H3,(H,15,16). The van der Waals surface area contributed by atoms with Crippen LogP contribution in [0.3, 0.4) is 0 Å². The molecule has 0 heterocycles. The smallest absolute Gasteiger partial charge is 0.307 e. The lowest BCUT2D eigenvalue weighted by Gasteiger charge is -2.18. The van der Waals surface area contributed by atoms with Gasteiger partial charge in [-0.3, -0.25) is 4.79 Å². The van der Waals surface area contributed by atoms with Crippen LogP contribution in [-0.4, -0.2) is 56.2 Å². The molecule has 0 radical (unpaired) electrons. The Balaban J connectivity index is 3.32. The van der Waals surface area contributed by atoms with Crippen molar-refractivity contribution in [3.05, 3.63) is 23.8 Å². The number of likely N-dealkylation sites (N-methyl/N-ethyl adjacent to an activating group) is 1. The van der Waals surface area contributed by atoms with E-state index in [0.29, 0.717) is 5.75 Å². The van der Waals surface area contributed by atoms with Gasteiger partial charge in [0, 0.05) is 13.6 Å². The van der Waals surface area contributed by atoms with E-state index >= 15 is 0 Å². The maximum Gasteiger partial charge on any atom is 0.307 e. The normalized spacial score (nSPS) is 11.6. The topological polar surface area (TPSA) is 104 Å². The second-order valence-electron chi connectivity index (χ2n) is 4.09. The SMILES string of the molecule is COc1ccc(S(=O)(=O)N(C)CCO)c(CC(=O)O)c1. The van der Waals surface area contributed by atoms with E-state index in [1.165, 1.54) is 32.4 Å². The molecule has 2 N–H and O–H groups in total. The first-order chi connectivity index (χ1) is 9.32. The third kappa shape index (κ3) is 3.69. The van der Waals surface area contributed by atoms with E-state index in [0.717, 1.165) is 4.31 Å². The molecular formula is C12H17NO6S. The number of hydrogen-bond donors (Lipinski definition) is 2. The Morgan fingerprint density at radius 2 is 2.05 bits per heavy atom. The molecule has 0 atom stereocenters. The number of aliphatic hydroxyl groups is 1. The summed E-state index contributed by atoms with van der Waals surface area (Å²) in [6.45, 7) is -0.388. The van der Waals surface area contributed by atoms with Crippen molar-refractivity contribution in [1.82, 2.24) is 4.31 Å². The number of carbonyl (C=O) groups is 1. The van der Waals surface area contributed by atoms with Crippen molar-refractivity contribution in [2.45, 2.75) is 11.3 Å². The summed E-state index contributed by atoms with van der Waals surface area (Å²) in [4.78, 5) is 10.8. The van der Waals surface area contributed by atoms with E-state index in [9.17, 15) is 13.2 Å². The van der Waals surface area contributed by atoms with Crippen LogP contribution in [0.5, 0.6) is 5.75 Å². The van der Waals surface area contributed by atoms with E-state index < -0.39 is 22.4 Å². The first kappa shape index (κ1) is 16.4. The molecule has 0 saturated heterocycles. The number of rotatable bonds is 7. The van der Waals surface area contributed by atoms with Crippen LogP contribution in [0.4, 0.5) is 0 Å². The van der Waals surface area contributed by atoms with E-state index in [1.54, 1.807) is 0 Å². The minimum Gasteiger partial charge on any atom is -0.497 e. The number of methoxy groups -OCH3 is 1.